The van der Waals surface area contributed by atoms with Crippen molar-refractivity contribution in [3.05, 3.63) is 36.9 Å². The molecule has 0 aliphatic carbocycles. The Kier molecular flexibility index (Phi) is 2.76. The van der Waals surface area contributed by atoms with Crippen LogP contribution in [0.3, 0.4) is 0 Å². The number of nitrogens with zero attached hydrogens (tertiary/aromatic N) is 4. The summed E-state index contributed by atoms with van der Waals surface area (Å²) in [5, 5.41) is 0. The number of hydrogen-bond acceptors (Lipinski definition) is 2. The van der Waals surface area contributed by atoms with E-state index in [1.807, 2.05) is 0 Å². The van der Waals surface area contributed by atoms with Gasteiger partial charge in [-0.15, -0.1) is 18.7 Å². The van der Waals surface area contributed by atoms with Crippen molar-refractivity contribution >= 4 is 10.1 Å². The zero-order valence-corrected chi connectivity index (χ0v) is 10.3. The van der Waals surface area contributed by atoms with E-state index in [1.54, 1.807) is 60.4 Å². The second-order valence-electron chi connectivity index (χ2n) is 3.73. The van der Waals surface area contributed by atoms with Gasteiger partial charge in [0.1, 0.15) is 0 Å². The van der Waals surface area contributed by atoms with Gasteiger partial charge in [-0.25, -0.2) is 0 Å². The van der Waals surface area contributed by atoms with Crippen LogP contribution in [-0.2, 0) is 24.2 Å². The molecule has 0 aliphatic rings. The number of aromatic nitrogens is 4. The first-order valence-electron chi connectivity index (χ1n) is 4.93. The van der Waals surface area contributed by atoms with Gasteiger partial charge in [0.25, 0.3) is 0 Å². The van der Waals surface area contributed by atoms with Gasteiger partial charge < -0.3 is 0 Å². The molecule has 17 heavy (non-hydrogen) atoms. The van der Waals surface area contributed by atoms with Gasteiger partial charge in [-0.2, -0.15) is 8.42 Å². The van der Waals surface area contributed by atoms with Crippen LogP contribution in [0.15, 0.2) is 36.9 Å². The third kappa shape index (κ3) is 2.08. The summed E-state index contributed by atoms with van der Waals surface area (Å²) in [4.78, 5) is 0. The van der Waals surface area contributed by atoms with Crippen LogP contribution in [0.4, 0.5) is 0 Å². The van der Waals surface area contributed by atoms with E-state index in [0.717, 1.165) is 0 Å². The lowest BCUT2D eigenvalue weighted by Gasteiger charge is -2.11. The molecule has 2 aromatic rings. The Morgan fingerprint density at radius 1 is 1.06 bits per heavy atom. The van der Waals surface area contributed by atoms with Crippen molar-refractivity contribution in [2.24, 2.45) is 14.1 Å². The summed E-state index contributed by atoms with van der Waals surface area (Å²) >= 11 is 0. The lowest BCUT2D eigenvalue weighted by molar-refractivity contribution is -0.780. The first-order valence-corrected chi connectivity index (χ1v) is 6.43. The standard InChI is InChI=1S/C9H13N4O3S/c1-10-5-3-7-12(10)9(17(14,15)16)13-8-4-6-11(13)2/h3-9H,1-2H3/q+1/p+1. The predicted molar refractivity (Wildman–Crippen MR) is 57.2 cm³/mol. The molecule has 0 aromatic carbocycles. The monoisotopic (exact) mass is 258 g/mol. The Bertz CT molecular complexity index is 588. The van der Waals surface area contributed by atoms with Crippen LogP contribution in [-0.4, -0.2) is 22.3 Å². The summed E-state index contributed by atoms with van der Waals surface area (Å²) in [6.45, 7) is 0. The minimum atomic E-state index is -4.27. The highest BCUT2D eigenvalue weighted by atomic mass is 32.2. The molecule has 0 aliphatic heterocycles. The summed E-state index contributed by atoms with van der Waals surface area (Å²) in [7, 11) is -0.879. The van der Waals surface area contributed by atoms with Gasteiger partial charge in [-0.05, 0) is 0 Å². The fourth-order valence-corrected chi connectivity index (χ4v) is 2.70. The van der Waals surface area contributed by atoms with Crippen molar-refractivity contribution in [2.45, 2.75) is 5.50 Å². The number of aryl methyl sites for hydroxylation is 2. The largest absolute Gasteiger partial charge is 0.338 e. The van der Waals surface area contributed by atoms with Gasteiger partial charge in [0.05, 0.1) is 12.4 Å². The van der Waals surface area contributed by atoms with Gasteiger partial charge in [-0.3, -0.25) is 4.55 Å². The molecule has 0 fully saturated rings. The number of rotatable bonds is 3. The highest BCUT2D eigenvalue weighted by molar-refractivity contribution is 7.85. The maximum absolute atomic E-state index is 11.5. The van der Waals surface area contributed by atoms with E-state index in [1.165, 1.54) is 9.36 Å². The summed E-state index contributed by atoms with van der Waals surface area (Å²) in [6, 6.07) is 3.39. The molecule has 1 N–H and O–H groups in total. The highest BCUT2D eigenvalue weighted by Crippen LogP contribution is 2.12. The van der Waals surface area contributed by atoms with Crippen LogP contribution in [0.2, 0.25) is 0 Å². The van der Waals surface area contributed by atoms with Crippen molar-refractivity contribution in [3.8, 4) is 0 Å². The second-order valence-corrected chi connectivity index (χ2v) is 5.18. The van der Waals surface area contributed by atoms with Crippen LogP contribution in [0.25, 0.3) is 0 Å². The first-order chi connectivity index (χ1) is 7.91. The molecule has 92 valence electrons. The van der Waals surface area contributed by atoms with Crippen molar-refractivity contribution < 1.29 is 22.3 Å². The van der Waals surface area contributed by atoms with Gasteiger partial charge >= 0.3 is 15.6 Å². The average Bonchev–Trinajstić information content (AvgIpc) is 2.77. The topological polar surface area (TPSA) is 72.0 Å². The van der Waals surface area contributed by atoms with Crippen LogP contribution >= 0.6 is 0 Å². The molecule has 0 spiro atoms. The van der Waals surface area contributed by atoms with Crippen LogP contribution < -0.4 is 9.36 Å². The van der Waals surface area contributed by atoms with Gasteiger partial charge in [0.2, 0.25) is 0 Å². The zero-order valence-electron chi connectivity index (χ0n) is 9.50. The molecule has 0 amide bonds. The maximum Gasteiger partial charge on any atom is 0.338 e. The molecule has 2 heterocycles. The lowest BCUT2D eigenvalue weighted by Crippen LogP contribution is -2.51. The Morgan fingerprint density at radius 2 is 1.47 bits per heavy atom. The van der Waals surface area contributed by atoms with Gasteiger partial charge in [0, 0.05) is 12.1 Å². The summed E-state index contributed by atoms with van der Waals surface area (Å²) in [5.74, 6) is 0. The molecule has 7 nitrogen and oxygen atoms in total. The summed E-state index contributed by atoms with van der Waals surface area (Å²) < 4.78 is 38.4. The van der Waals surface area contributed by atoms with Crippen molar-refractivity contribution in [2.75, 3.05) is 0 Å². The van der Waals surface area contributed by atoms with E-state index in [-0.39, 0.29) is 0 Å². The van der Waals surface area contributed by atoms with Crippen LogP contribution in [0.5, 0.6) is 0 Å². The van der Waals surface area contributed by atoms with E-state index in [0.29, 0.717) is 0 Å². The highest BCUT2D eigenvalue weighted by Gasteiger charge is 2.35. The van der Waals surface area contributed by atoms with Crippen molar-refractivity contribution in [1.82, 2.24) is 9.36 Å². The maximum atomic E-state index is 11.5. The fourth-order valence-electron chi connectivity index (χ4n) is 1.72. The van der Waals surface area contributed by atoms with Crippen LogP contribution in [0, 0.1) is 0 Å². The summed E-state index contributed by atoms with van der Waals surface area (Å²) in [5.41, 5.74) is -1.22. The average molecular weight is 258 g/mol. The third-order valence-electron chi connectivity index (χ3n) is 2.53. The molecule has 2 aromatic heterocycles. The van der Waals surface area contributed by atoms with E-state index < -0.39 is 15.6 Å². The molecule has 8 heteroatoms. The normalized spacial score (nSPS) is 12.2. The molecular weight excluding hydrogens is 244 g/mol. The lowest BCUT2D eigenvalue weighted by atomic mass is 10.7. The molecule has 0 unspecified atom stereocenters. The fraction of sp³-hybridized carbons (Fsp3) is 0.333. The molecule has 0 bridgehead atoms. The quantitative estimate of drug-likeness (QED) is 0.557. The summed E-state index contributed by atoms with van der Waals surface area (Å²) in [6.07, 6.45) is 6.56. The molecule has 2 rings (SSSR count). The minimum absolute atomic E-state index is 1.22. The molecule has 0 saturated carbocycles. The molecule has 0 saturated heterocycles. The van der Waals surface area contributed by atoms with E-state index in [2.05, 4.69) is 0 Å². The van der Waals surface area contributed by atoms with E-state index in [9.17, 15) is 13.0 Å². The second kappa shape index (κ2) is 3.97. The van der Waals surface area contributed by atoms with E-state index >= 15 is 0 Å². The molecule has 0 radical (unpaired) electrons. The van der Waals surface area contributed by atoms with Crippen LogP contribution in [0.1, 0.15) is 5.50 Å². The Morgan fingerprint density at radius 3 is 1.71 bits per heavy atom. The van der Waals surface area contributed by atoms with Crippen molar-refractivity contribution in [3.63, 3.8) is 0 Å². The molecule has 0 atom stereocenters. The first kappa shape index (κ1) is 11.8. The Labute approximate surface area is 98.8 Å². The van der Waals surface area contributed by atoms with Crippen molar-refractivity contribution in [1.29, 1.82) is 0 Å². The van der Waals surface area contributed by atoms with Gasteiger partial charge in [-0.1, -0.05) is 0 Å². The molecular formula is C9H14N4O3S+2. The smallest absolute Gasteiger partial charge is 0.282 e. The predicted octanol–water partition coefficient (Wildman–Crippen LogP) is -1.17. The minimum Gasteiger partial charge on any atom is -0.282 e. The van der Waals surface area contributed by atoms with Gasteiger partial charge in [0.15, 0.2) is 26.5 Å². The number of hydrogen-bond donors (Lipinski definition) is 1. The SMILES string of the molecule is C[n+]1cccn1C(n1ccc[n+]1C)S(=O)(=O)O. The third-order valence-corrected chi connectivity index (χ3v) is 3.49. The Hall–Kier alpha value is -1.67. The Balaban J connectivity index is 2.63. The van der Waals surface area contributed by atoms with E-state index in [4.69, 9.17) is 0 Å². The zero-order chi connectivity index (χ0) is 12.6.